The van der Waals surface area contributed by atoms with E-state index >= 15 is 0 Å². The van der Waals surface area contributed by atoms with Gasteiger partial charge in [-0.15, -0.1) is 0 Å². The third-order valence-corrected chi connectivity index (χ3v) is 8.49. The maximum absolute atomic E-state index is 13.8. The lowest BCUT2D eigenvalue weighted by Crippen LogP contribution is -2.13. The van der Waals surface area contributed by atoms with Gasteiger partial charge < -0.3 is 4.74 Å². The Labute approximate surface area is 224 Å². The molecule has 5 aromatic rings. The van der Waals surface area contributed by atoms with Crippen molar-refractivity contribution in [3.63, 3.8) is 0 Å². The predicted octanol–water partition coefficient (Wildman–Crippen LogP) is 7.59. The van der Waals surface area contributed by atoms with Gasteiger partial charge in [-0.3, -0.25) is 4.40 Å². The Morgan fingerprint density at radius 1 is 0.872 bits per heavy atom. The fourth-order valence-electron chi connectivity index (χ4n) is 4.38. The van der Waals surface area contributed by atoms with Crippen molar-refractivity contribution in [1.29, 1.82) is 0 Å². The van der Waals surface area contributed by atoms with Gasteiger partial charge in [0, 0.05) is 18.2 Å². The number of alkyl halides is 3. The number of hydrogen-bond donors (Lipinski definition) is 0. The number of hydrogen-bond acceptors (Lipinski definition) is 4. The summed E-state index contributed by atoms with van der Waals surface area (Å²) in [5.41, 5.74) is 1.52. The van der Waals surface area contributed by atoms with Crippen molar-refractivity contribution in [3.8, 4) is 22.8 Å². The number of rotatable bonds is 7. The van der Waals surface area contributed by atoms with Crippen LogP contribution in [0.15, 0.2) is 102 Å². The monoisotopic (exact) mass is 550 g/mol. The van der Waals surface area contributed by atoms with E-state index in [1.54, 1.807) is 56.4 Å². The molecule has 0 aliphatic carbocycles. The predicted molar refractivity (Wildman–Crippen MR) is 144 cm³/mol. The molecular weight excluding hydrogens is 525 g/mol. The summed E-state index contributed by atoms with van der Waals surface area (Å²) < 4.78 is 74.2. The molecule has 0 saturated heterocycles. The number of pyridine rings is 1. The van der Waals surface area contributed by atoms with Crippen LogP contribution < -0.4 is 4.74 Å². The summed E-state index contributed by atoms with van der Waals surface area (Å²) in [5.74, 6) is 0.732. The van der Waals surface area contributed by atoms with E-state index < -0.39 is 26.8 Å². The summed E-state index contributed by atoms with van der Waals surface area (Å²) in [4.78, 5) is 4.61. The number of imidazole rings is 1. The first-order valence-corrected chi connectivity index (χ1v) is 13.8. The molecule has 0 atom stereocenters. The number of ether oxygens (including phenoxy) is 1. The summed E-state index contributed by atoms with van der Waals surface area (Å²) in [6, 6.07) is 25.0. The summed E-state index contributed by atoms with van der Waals surface area (Å²) in [6.07, 6.45) is -2.67. The van der Waals surface area contributed by atoms with Gasteiger partial charge in [0.1, 0.15) is 17.1 Å². The van der Waals surface area contributed by atoms with Gasteiger partial charge in [-0.25, -0.2) is 13.4 Å². The Hall–Kier alpha value is -4.11. The van der Waals surface area contributed by atoms with Crippen molar-refractivity contribution in [1.82, 2.24) is 9.38 Å². The lowest BCUT2D eigenvalue weighted by atomic mass is 10.0. The smallest absolute Gasteiger partial charge is 0.419 e. The van der Waals surface area contributed by atoms with Crippen LogP contribution >= 0.6 is 0 Å². The zero-order valence-electron chi connectivity index (χ0n) is 21.2. The first-order valence-electron chi connectivity index (χ1n) is 12.3. The Balaban J connectivity index is 1.60. The molecule has 0 bridgehead atoms. The highest BCUT2D eigenvalue weighted by Gasteiger charge is 2.34. The maximum Gasteiger partial charge on any atom is 0.419 e. The molecule has 200 valence electrons. The highest BCUT2D eigenvalue weighted by atomic mass is 32.2. The molecule has 0 unspecified atom stereocenters. The zero-order chi connectivity index (χ0) is 27.8. The van der Waals surface area contributed by atoms with Crippen molar-refractivity contribution in [2.45, 2.75) is 36.6 Å². The van der Waals surface area contributed by atoms with Crippen LogP contribution in [0.4, 0.5) is 13.2 Å². The standard InChI is InChI=1S/C30H25F3N2O3S/c1-20(2)39(36,37)25-14-7-13-24(19-25)38-23-12-6-11-22(18-23)28-27(17-21-9-4-3-5-10-21)34-29-26(30(31,32)33)15-8-16-35(28)29/h3-16,18-20H,17H2,1-2H3. The van der Waals surface area contributed by atoms with Crippen LogP contribution in [0.5, 0.6) is 11.5 Å². The van der Waals surface area contributed by atoms with Crippen molar-refractivity contribution in [2.24, 2.45) is 0 Å². The minimum atomic E-state index is -4.57. The van der Waals surface area contributed by atoms with Gasteiger partial charge in [0.15, 0.2) is 9.84 Å². The molecule has 2 aromatic heterocycles. The van der Waals surface area contributed by atoms with E-state index in [0.717, 1.165) is 11.6 Å². The highest BCUT2D eigenvalue weighted by Crippen LogP contribution is 2.37. The fourth-order valence-corrected chi connectivity index (χ4v) is 5.48. The highest BCUT2D eigenvalue weighted by molar-refractivity contribution is 7.92. The molecule has 5 nitrogen and oxygen atoms in total. The first kappa shape index (κ1) is 26.5. The Morgan fingerprint density at radius 3 is 2.26 bits per heavy atom. The third kappa shape index (κ3) is 5.40. The van der Waals surface area contributed by atoms with Crippen LogP contribution in [0, 0.1) is 0 Å². The maximum atomic E-state index is 13.8. The van der Waals surface area contributed by atoms with Gasteiger partial charge in [-0.05, 0) is 61.9 Å². The van der Waals surface area contributed by atoms with Gasteiger partial charge in [0.05, 0.1) is 27.1 Å². The molecule has 0 N–H and O–H groups in total. The average molecular weight is 551 g/mol. The number of nitrogens with zero attached hydrogens (tertiary/aromatic N) is 2. The zero-order valence-corrected chi connectivity index (χ0v) is 22.0. The van der Waals surface area contributed by atoms with Gasteiger partial charge in [0.2, 0.25) is 0 Å². The van der Waals surface area contributed by atoms with E-state index in [0.29, 0.717) is 34.9 Å². The second-order valence-electron chi connectivity index (χ2n) is 9.38. The minimum Gasteiger partial charge on any atom is -0.457 e. The van der Waals surface area contributed by atoms with Crippen molar-refractivity contribution in [3.05, 3.63) is 114 Å². The van der Waals surface area contributed by atoms with E-state index in [4.69, 9.17) is 4.74 Å². The fraction of sp³-hybridized carbons (Fsp3) is 0.167. The van der Waals surface area contributed by atoms with E-state index in [1.807, 2.05) is 30.3 Å². The summed E-state index contributed by atoms with van der Waals surface area (Å²) in [6.45, 7) is 3.22. The minimum absolute atomic E-state index is 0.151. The third-order valence-electron chi connectivity index (χ3n) is 6.34. The quantitative estimate of drug-likeness (QED) is 0.210. The first-order chi connectivity index (χ1) is 18.5. The van der Waals surface area contributed by atoms with E-state index in [9.17, 15) is 21.6 Å². The van der Waals surface area contributed by atoms with Crippen LogP contribution in [-0.2, 0) is 22.4 Å². The Morgan fingerprint density at radius 2 is 1.56 bits per heavy atom. The molecule has 5 rings (SSSR count). The molecule has 0 spiro atoms. The lowest BCUT2D eigenvalue weighted by Gasteiger charge is -2.12. The molecule has 2 heterocycles. The average Bonchev–Trinajstić information content (AvgIpc) is 3.26. The summed E-state index contributed by atoms with van der Waals surface area (Å²) in [5, 5.41) is -0.587. The second-order valence-corrected chi connectivity index (χ2v) is 11.9. The molecule has 3 aromatic carbocycles. The van der Waals surface area contributed by atoms with Crippen LogP contribution in [0.1, 0.15) is 30.7 Å². The lowest BCUT2D eigenvalue weighted by molar-refractivity contribution is -0.136. The molecule has 0 fully saturated rings. The molecule has 0 aliphatic rings. The van der Waals surface area contributed by atoms with Gasteiger partial charge >= 0.3 is 6.18 Å². The number of fused-ring (bicyclic) bond motifs is 1. The van der Waals surface area contributed by atoms with Crippen LogP contribution in [0.3, 0.4) is 0 Å². The molecule has 0 saturated carbocycles. The Bertz CT molecular complexity index is 1740. The van der Waals surface area contributed by atoms with Crippen LogP contribution in [0.25, 0.3) is 16.9 Å². The Kier molecular flexibility index (Phi) is 6.94. The normalized spacial score (nSPS) is 12.3. The van der Waals surface area contributed by atoms with Crippen LogP contribution in [-0.4, -0.2) is 23.1 Å². The molecule has 9 heteroatoms. The van der Waals surface area contributed by atoms with Gasteiger partial charge in [-0.1, -0.05) is 48.5 Å². The number of halogens is 3. The largest absolute Gasteiger partial charge is 0.457 e. The number of sulfone groups is 1. The molecule has 0 radical (unpaired) electrons. The van der Waals surface area contributed by atoms with E-state index in [-0.39, 0.29) is 10.5 Å². The van der Waals surface area contributed by atoms with Crippen molar-refractivity contribution >= 4 is 15.5 Å². The van der Waals surface area contributed by atoms with E-state index in [2.05, 4.69) is 4.98 Å². The number of aromatic nitrogens is 2. The second kappa shape index (κ2) is 10.2. The topological polar surface area (TPSA) is 60.7 Å². The molecular formula is C30H25F3N2O3S. The summed E-state index contributed by atoms with van der Waals surface area (Å²) in [7, 11) is -3.49. The van der Waals surface area contributed by atoms with Crippen molar-refractivity contribution < 1.29 is 26.3 Å². The molecule has 0 aliphatic heterocycles. The van der Waals surface area contributed by atoms with Gasteiger partial charge in [-0.2, -0.15) is 13.2 Å². The van der Waals surface area contributed by atoms with Crippen LogP contribution in [0.2, 0.25) is 0 Å². The van der Waals surface area contributed by atoms with E-state index in [1.165, 1.54) is 22.6 Å². The van der Waals surface area contributed by atoms with Crippen molar-refractivity contribution in [2.75, 3.05) is 0 Å². The molecule has 39 heavy (non-hydrogen) atoms. The number of benzene rings is 3. The summed E-state index contributed by atoms with van der Waals surface area (Å²) >= 11 is 0. The van der Waals surface area contributed by atoms with Gasteiger partial charge in [0.25, 0.3) is 0 Å². The molecule has 0 amide bonds. The SMILES string of the molecule is CC(C)S(=O)(=O)c1cccc(Oc2cccc(-c3c(Cc4ccccc4)nc4c(C(F)(F)F)cccn34)c2)c1.